The highest BCUT2D eigenvalue weighted by molar-refractivity contribution is 5.87. The lowest BCUT2D eigenvalue weighted by atomic mass is 10.1. The number of rotatable bonds is 6. The number of carbonyl (C=O) groups excluding carboxylic acids is 2. The van der Waals surface area contributed by atoms with Gasteiger partial charge < -0.3 is 21.5 Å². The van der Waals surface area contributed by atoms with Crippen LogP contribution in [0.1, 0.15) is 15.9 Å². The molecule has 102 valence electrons. The van der Waals surface area contributed by atoms with E-state index in [-0.39, 0.29) is 12.1 Å². The predicted molar refractivity (Wildman–Crippen MR) is 67.7 cm³/mol. The Morgan fingerprint density at radius 1 is 1.21 bits per heavy atom. The largest absolute Gasteiger partial charge is 0.478 e. The molecule has 19 heavy (non-hydrogen) atoms. The number of primary amides is 1. The molecule has 0 spiro atoms. The fourth-order valence-electron chi connectivity index (χ4n) is 1.41. The zero-order valence-corrected chi connectivity index (χ0v) is 10.2. The molecule has 0 saturated heterocycles. The van der Waals surface area contributed by atoms with Gasteiger partial charge in [0.05, 0.1) is 12.1 Å². The molecule has 0 fully saturated rings. The van der Waals surface area contributed by atoms with Crippen LogP contribution in [0, 0.1) is 0 Å². The van der Waals surface area contributed by atoms with Crippen molar-refractivity contribution in [3.05, 3.63) is 35.4 Å². The summed E-state index contributed by atoms with van der Waals surface area (Å²) in [6.45, 7) is 0.105. The number of nitrogens with one attached hydrogen (secondary N) is 2. The van der Waals surface area contributed by atoms with E-state index in [1.54, 1.807) is 18.2 Å². The standard InChI is InChI=1S/C12H15N3O4/c13-10(16)7-15-12(19)14-5-4-8-2-1-3-9(6-8)11(17)18/h1-3,6H,4-5,7H2,(H2,13,16)(H,17,18)(H2,14,15,19). The molecule has 5 N–H and O–H groups in total. The second-order valence-electron chi connectivity index (χ2n) is 3.83. The van der Waals surface area contributed by atoms with Crippen molar-refractivity contribution in [2.45, 2.75) is 6.42 Å². The Morgan fingerprint density at radius 3 is 2.58 bits per heavy atom. The van der Waals surface area contributed by atoms with Crippen molar-refractivity contribution in [3.63, 3.8) is 0 Å². The molecule has 1 aromatic rings. The van der Waals surface area contributed by atoms with Crippen LogP contribution in [0.4, 0.5) is 4.79 Å². The Labute approximate surface area is 109 Å². The fraction of sp³-hybridized carbons (Fsp3) is 0.250. The maximum Gasteiger partial charge on any atom is 0.335 e. The Bertz CT molecular complexity index is 488. The van der Waals surface area contributed by atoms with Crippen molar-refractivity contribution in [1.29, 1.82) is 0 Å². The second kappa shape index (κ2) is 7.00. The van der Waals surface area contributed by atoms with Crippen LogP contribution in [0.2, 0.25) is 0 Å². The van der Waals surface area contributed by atoms with Crippen molar-refractivity contribution in [1.82, 2.24) is 10.6 Å². The molecule has 1 rings (SSSR count). The minimum atomic E-state index is -0.992. The molecule has 0 heterocycles. The monoisotopic (exact) mass is 265 g/mol. The molecule has 7 heteroatoms. The topological polar surface area (TPSA) is 122 Å². The number of carbonyl (C=O) groups is 3. The molecule has 0 aliphatic rings. The molecule has 0 aliphatic heterocycles. The number of hydrogen-bond donors (Lipinski definition) is 4. The summed E-state index contributed by atoms with van der Waals surface area (Å²) in [6, 6.07) is 5.97. The highest BCUT2D eigenvalue weighted by Crippen LogP contribution is 2.05. The van der Waals surface area contributed by atoms with Gasteiger partial charge in [0.1, 0.15) is 0 Å². The first-order valence-electron chi connectivity index (χ1n) is 5.61. The zero-order chi connectivity index (χ0) is 14.3. The van der Waals surface area contributed by atoms with Gasteiger partial charge in [0.25, 0.3) is 0 Å². The summed E-state index contributed by atoms with van der Waals surface area (Å²) in [5.41, 5.74) is 5.87. The van der Waals surface area contributed by atoms with Crippen LogP contribution >= 0.6 is 0 Å². The number of amides is 3. The summed E-state index contributed by atoms with van der Waals surface area (Å²) in [7, 11) is 0. The van der Waals surface area contributed by atoms with Gasteiger partial charge in [-0.25, -0.2) is 9.59 Å². The van der Waals surface area contributed by atoms with Gasteiger partial charge in [-0.15, -0.1) is 0 Å². The van der Waals surface area contributed by atoms with Crippen LogP contribution in [0.15, 0.2) is 24.3 Å². The van der Waals surface area contributed by atoms with Crippen molar-refractivity contribution in [3.8, 4) is 0 Å². The minimum Gasteiger partial charge on any atom is -0.478 e. The average Bonchev–Trinajstić information content (AvgIpc) is 2.36. The van der Waals surface area contributed by atoms with Gasteiger partial charge in [-0.2, -0.15) is 0 Å². The molecule has 0 unspecified atom stereocenters. The number of hydrogen-bond acceptors (Lipinski definition) is 3. The summed E-state index contributed by atoms with van der Waals surface area (Å²) in [4.78, 5) is 32.4. The lowest BCUT2D eigenvalue weighted by molar-refractivity contribution is -0.117. The van der Waals surface area contributed by atoms with Gasteiger partial charge in [0.15, 0.2) is 0 Å². The summed E-state index contributed by atoms with van der Waals surface area (Å²) in [6.07, 6.45) is 0.491. The third-order valence-electron chi connectivity index (χ3n) is 2.30. The molecule has 1 aromatic carbocycles. The Balaban J connectivity index is 2.36. The van der Waals surface area contributed by atoms with E-state index in [1.165, 1.54) is 6.07 Å². The maximum absolute atomic E-state index is 11.2. The van der Waals surface area contributed by atoms with E-state index in [9.17, 15) is 14.4 Å². The molecule has 0 aliphatic carbocycles. The molecule has 7 nitrogen and oxygen atoms in total. The van der Waals surface area contributed by atoms with E-state index in [0.717, 1.165) is 5.56 Å². The summed E-state index contributed by atoms with van der Waals surface area (Å²) in [5.74, 6) is -1.61. The normalized spacial score (nSPS) is 9.68. The zero-order valence-electron chi connectivity index (χ0n) is 10.2. The van der Waals surface area contributed by atoms with Gasteiger partial charge >= 0.3 is 12.0 Å². The molecule has 0 aromatic heterocycles. The molecule has 0 bridgehead atoms. The highest BCUT2D eigenvalue weighted by atomic mass is 16.4. The van der Waals surface area contributed by atoms with Crippen molar-refractivity contribution in [2.75, 3.05) is 13.1 Å². The van der Waals surface area contributed by atoms with Gasteiger partial charge in [-0.05, 0) is 24.1 Å². The van der Waals surface area contributed by atoms with Crippen molar-refractivity contribution in [2.24, 2.45) is 5.73 Å². The minimum absolute atomic E-state index is 0.204. The molecule has 0 atom stereocenters. The molecular weight excluding hydrogens is 250 g/mol. The summed E-state index contributed by atoms with van der Waals surface area (Å²) >= 11 is 0. The van der Waals surface area contributed by atoms with E-state index < -0.39 is 17.9 Å². The van der Waals surface area contributed by atoms with Crippen LogP contribution in [0.5, 0.6) is 0 Å². The van der Waals surface area contributed by atoms with Gasteiger partial charge in [0.2, 0.25) is 5.91 Å². The first-order valence-corrected chi connectivity index (χ1v) is 5.61. The lowest BCUT2D eigenvalue weighted by Crippen LogP contribution is -2.41. The van der Waals surface area contributed by atoms with E-state index >= 15 is 0 Å². The van der Waals surface area contributed by atoms with Gasteiger partial charge in [0, 0.05) is 6.54 Å². The SMILES string of the molecule is NC(=O)CNC(=O)NCCc1cccc(C(=O)O)c1. The first-order chi connectivity index (χ1) is 8.99. The summed E-state index contributed by atoms with van der Waals surface area (Å²) < 4.78 is 0. The molecule has 0 saturated carbocycles. The fourth-order valence-corrected chi connectivity index (χ4v) is 1.41. The highest BCUT2D eigenvalue weighted by Gasteiger charge is 2.04. The van der Waals surface area contributed by atoms with Crippen LogP contribution in [0.3, 0.4) is 0 Å². The lowest BCUT2D eigenvalue weighted by Gasteiger charge is -2.06. The second-order valence-corrected chi connectivity index (χ2v) is 3.83. The van der Waals surface area contributed by atoms with E-state index in [2.05, 4.69) is 10.6 Å². The van der Waals surface area contributed by atoms with Crippen molar-refractivity contribution < 1.29 is 19.5 Å². The van der Waals surface area contributed by atoms with Crippen molar-refractivity contribution >= 4 is 17.9 Å². The number of nitrogens with two attached hydrogens (primary N) is 1. The van der Waals surface area contributed by atoms with Crippen LogP contribution in [-0.2, 0) is 11.2 Å². The maximum atomic E-state index is 11.2. The van der Waals surface area contributed by atoms with E-state index in [0.29, 0.717) is 13.0 Å². The Hall–Kier alpha value is -2.57. The number of carboxylic acids is 1. The number of carboxylic acid groups (broad SMARTS) is 1. The van der Waals surface area contributed by atoms with E-state index in [1.807, 2.05) is 0 Å². The Morgan fingerprint density at radius 2 is 1.95 bits per heavy atom. The summed E-state index contributed by atoms with van der Waals surface area (Å²) in [5, 5.41) is 13.6. The predicted octanol–water partition coefficient (Wildman–Crippen LogP) is -0.288. The van der Waals surface area contributed by atoms with Crippen LogP contribution in [-0.4, -0.2) is 36.1 Å². The molecule has 3 amide bonds. The third kappa shape index (κ3) is 5.53. The number of aromatic carboxylic acids is 1. The average molecular weight is 265 g/mol. The quantitative estimate of drug-likeness (QED) is 0.564. The number of urea groups is 1. The van der Waals surface area contributed by atoms with E-state index in [4.69, 9.17) is 10.8 Å². The van der Waals surface area contributed by atoms with Gasteiger partial charge in [-0.3, -0.25) is 4.79 Å². The Kier molecular flexibility index (Phi) is 5.34. The smallest absolute Gasteiger partial charge is 0.335 e. The van der Waals surface area contributed by atoms with Crippen LogP contribution in [0.25, 0.3) is 0 Å². The van der Waals surface area contributed by atoms with Gasteiger partial charge in [-0.1, -0.05) is 12.1 Å². The van der Waals surface area contributed by atoms with Crippen LogP contribution < -0.4 is 16.4 Å². The molecule has 0 radical (unpaired) electrons. The molecular formula is C12H15N3O4. The number of benzene rings is 1. The third-order valence-corrected chi connectivity index (χ3v) is 2.30. The first kappa shape index (κ1) is 14.5.